The Hall–Kier alpha value is -8.51. The first-order valence-corrected chi connectivity index (χ1v) is 31.8. The van der Waals surface area contributed by atoms with E-state index < -0.39 is 16.1 Å². The van der Waals surface area contributed by atoms with Crippen LogP contribution in [0.2, 0.25) is 0 Å². The molecule has 4 nitrogen and oxygen atoms in total. The first-order valence-electron chi connectivity index (χ1n) is 26.2. The van der Waals surface area contributed by atoms with Gasteiger partial charge < -0.3 is 4.57 Å². The number of hydrogen-bond acceptors (Lipinski definition) is 2. The molecule has 0 N–H and O–H groups in total. The molecule has 10 aromatic carbocycles. The maximum Gasteiger partial charge on any atom is 0.179 e. The number of nitrogens with zero attached hydrogens (tertiary/aromatic N) is 4. The predicted molar refractivity (Wildman–Crippen MR) is 340 cm³/mol. The van der Waals surface area contributed by atoms with Gasteiger partial charge in [-0.1, -0.05) is 238 Å². The van der Waals surface area contributed by atoms with Gasteiger partial charge in [0.2, 0.25) is 0 Å². The van der Waals surface area contributed by atoms with Gasteiger partial charge in [-0.05, 0) is 120 Å². The average Bonchev–Trinajstić information content (AvgIpc) is 4.08. The summed E-state index contributed by atoms with van der Waals surface area (Å²) < 4.78 is 6.83. The fourth-order valence-electron chi connectivity index (χ4n) is 12.0. The van der Waals surface area contributed by atoms with Gasteiger partial charge in [-0.3, -0.25) is 9.55 Å². The van der Waals surface area contributed by atoms with Gasteiger partial charge in [0.05, 0.1) is 22.7 Å². The zero-order valence-electron chi connectivity index (χ0n) is 42.4. The highest BCUT2D eigenvalue weighted by molar-refractivity contribution is 9.10. The fraction of sp³-hybridized carbons (Fsp3) is 0. The van der Waals surface area contributed by atoms with E-state index in [4.69, 9.17) is 4.98 Å². The van der Waals surface area contributed by atoms with Crippen LogP contribution in [0.15, 0.2) is 313 Å². The number of para-hydroxylation sites is 2. The van der Waals surface area contributed by atoms with Crippen LogP contribution in [0.5, 0.6) is 0 Å². The Balaban J connectivity index is 0.000000181. The number of pyridine rings is 2. The molecule has 0 unspecified atom stereocenters. The van der Waals surface area contributed by atoms with E-state index >= 15 is 0 Å². The summed E-state index contributed by atoms with van der Waals surface area (Å²) in [6.07, 6.45) is 5.74. The van der Waals surface area contributed by atoms with E-state index in [1.807, 2.05) is 24.7 Å². The van der Waals surface area contributed by atoms with E-state index in [1.54, 1.807) is 0 Å². The van der Waals surface area contributed by atoms with Gasteiger partial charge in [0.15, 0.2) is 16.1 Å². The van der Waals surface area contributed by atoms with Crippen LogP contribution < -0.4 is 41.5 Å². The molecule has 4 aromatic heterocycles. The number of halogens is 2. The molecule has 8 heteroatoms. The normalized spacial score (nSPS) is 11.7. The number of hydrogen-bond donors (Lipinski definition) is 0. The molecular formula is C70H50Br2N4Si2. The highest BCUT2D eigenvalue weighted by Crippen LogP contribution is 2.32. The second-order valence-corrected chi connectivity index (χ2v) is 29.0. The van der Waals surface area contributed by atoms with Crippen molar-refractivity contribution >= 4 is 133 Å². The molecule has 0 fully saturated rings. The summed E-state index contributed by atoms with van der Waals surface area (Å²) in [6, 6.07) is 104. The highest BCUT2D eigenvalue weighted by Gasteiger charge is 2.43. The van der Waals surface area contributed by atoms with E-state index in [2.05, 4.69) is 325 Å². The quantitative estimate of drug-likeness (QED) is 0.101. The third kappa shape index (κ3) is 8.49. The van der Waals surface area contributed by atoms with Crippen LogP contribution in [0.1, 0.15) is 0 Å². The van der Waals surface area contributed by atoms with E-state index in [9.17, 15) is 0 Å². The Morgan fingerprint density at radius 3 is 1.05 bits per heavy atom. The van der Waals surface area contributed by atoms with Crippen LogP contribution >= 0.6 is 31.9 Å². The van der Waals surface area contributed by atoms with Gasteiger partial charge in [-0.2, -0.15) is 0 Å². The van der Waals surface area contributed by atoms with Crippen molar-refractivity contribution < 1.29 is 0 Å². The van der Waals surface area contributed by atoms with Gasteiger partial charge in [-0.25, -0.2) is 4.98 Å². The first-order chi connectivity index (χ1) is 38.5. The van der Waals surface area contributed by atoms with Gasteiger partial charge in [0.25, 0.3) is 0 Å². The van der Waals surface area contributed by atoms with Crippen molar-refractivity contribution in [2.45, 2.75) is 0 Å². The van der Waals surface area contributed by atoms with Gasteiger partial charge in [0, 0.05) is 54.3 Å². The third-order valence-electron chi connectivity index (χ3n) is 15.4. The minimum atomic E-state index is -2.78. The summed E-state index contributed by atoms with van der Waals surface area (Å²) in [5, 5.41) is 15.7. The molecule has 0 atom stereocenters. The zero-order valence-corrected chi connectivity index (χ0v) is 47.6. The van der Waals surface area contributed by atoms with Crippen LogP contribution in [0.25, 0.3) is 55.1 Å². The minimum Gasteiger partial charge on any atom is -0.308 e. The van der Waals surface area contributed by atoms with Crippen molar-refractivity contribution in [1.82, 2.24) is 19.1 Å². The Bertz CT molecular complexity index is 3970. The summed E-state index contributed by atoms with van der Waals surface area (Å²) in [6.45, 7) is 0. The topological polar surface area (TPSA) is 35.6 Å². The number of benzene rings is 10. The lowest BCUT2D eigenvalue weighted by atomic mass is 10.2. The molecule has 14 aromatic rings. The molecule has 78 heavy (non-hydrogen) atoms. The van der Waals surface area contributed by atoms with Crippen molar-refractivity contribution in [1.29, 1.82) is 0 Å². The molecule has 0 aliphatic rings. The zero-order chi connectivity index (χ0) is 52.5. The molecule has 0 aliphatic heterocycles. The van der Waals surface area contributed by atoms with Crippen LogP contribution in [0, 0.1) is 0 Å². The van der Waals surface area contributed by atoms with E-state index in [0.29, 0.717) is 0 Å². The molecule has 0 spiro atoms. The number of fused-ring (bicyclic) bond motifs is 6. The molecule has 14 rings (SSSR count). The molecule has 0 radical (unpaired) electrons. The van der Waals surface area contributed by atoms with E-state index in [1.165, 1.54) is 63.2 Å². The molecule has 0 bridgehead atoms. The summed E-state index contributed by atoms with van der Waals surface area (Å²) in [7, 11) is -5.16. The smallest absolute Gasteiger partial charge is 0.179 e. The van der Waals surface area contributed by atoms with Crippen molar-refractivity contribution in [3.63, 3.8) is 0 Å². The summed E-state index contributed by atoms with van der Waals surface area (Å²) >= 11 is 7.20. The van der Waals surface area contributed by atoms with Crippen molar-refractivity contribution in [2.24, 2.45) is 0 Å². The van der Waals surface area contributed by atoms with E-state index in [-0.39, 0.29) is 0 Å². The Morgan fingerprint density at radius 1 is 0.269 bits per heavy atom. The Labute approximate surface area is 472 Å². The Kier molecular flexibility index (Phi) is 13.3. The summed E-state index contributed by atoms with van der Waals surface area (Å²) in [5.74, 6) is 0. The van der Waals surface area contributed by atoms with Gasteiger partial charge in [-0.15, -0.1) is 0 Å². The molecule has 0 amide bonds. The van der Waals surface area contributed by atoms with Crippen LogP contribution in [0.3, 0.4) is 0 Å². The van der Waals surface area contributed by atoms with Gasteiger partial charge >= 0.3 is 0 Å². The largest absolute Gasteiger partial charge is 0.308 e. The van der Waals surface area contributed by atoms with Crippen LogP contribution in [-0.2, 0) is 0 Å². The monoisotopic (exact) mass is 1160 g/mol. The molecule has 372 valence electrons. The molecular weight excluding hydrogens is 1110 g/mol. The SMILES string of the molecule is Brc1ccc([Si](c2ccccc2)(c2ccccc2)c2ccc(Br)cc2)cc1.c1ccc([Si](c2ccccc2)(c2ccc(-n3c4ccccc4c4ccncc43)cc2)c2ccc(-n3c4ccccc4c4cccnc43)cc2)cc1. The minimum absolute atomic E-state index is 0.969. The average molecular weight is 1160 g/mol. The summed E-state index contributed by atoms with van der Waals surface area (Å²) in [4.78, 5) is 9.35. The lowest BCUT2D eigenvalue weighted by Crippen LogP contribution is -2.74. The van der Waals surface area contributed by atoms with Gasteiger partial charge in [0.1, 0.15) is 5.65 Å². The number of rotatable bonds is 10. The molecule has 0 saturated heterocycles. The number of aromatic nitrogens is 4. The van der Waals surface area contributed by atoms with Crippen LogP contribution in [0.4, 0.5) is 0 Å². The predicted octanol–water partition coefficient (Wildman–Crippen LogP) is 12.6. The molecule has 4 heterocycles. The highest BCUT2D eigenvalue weighted by atomic mass is 79.9. The van der Waals surface area contributed by atoms with E-state index in [0.717, 1.165) is 42.4 Å². The first kappa shape index (κ1) is 49.1. The third-order valence-corrected chi connectivity index (χ3v) is 26.1. The Morgan fingerprint density at radius 2 is 0.603 bits per heavy atom. The summed E-state index contributed by atoms with van der Waals surface area (Å²) in [5.41, 5.74) is 6.63. The van der Waals surface area contributed by atoms with Crippen molar-refractivity contribution in [3.05, 3.63) is 313 Å². The molecule has 0 aliphatic carbocycles. The van der Waals surface area contributed by atoms with Crippen molar-refractivity contribution in [3.8, 4) is 11.4 Å². The van der Waals surface area contributed by atoms with Crippen molar-refractivity contribution in [2.75, 3.05) is 0 Å². The fourth-order valence-corrected chi connectivity index (χ4v) is 22.0. The standard InChI is InChI=1S/C46H32N4Si.C24H18Br2Si/c1-3-12-35(13-4-1)51(36-14-5-2-6-15-36,37-25-21-33(22-26-37)49-43-19-9-7-16-39(43)41-29-31-47-32-45(41)49)38-27-23-34(24-28-38)50-44-20-10-8-17-40(44)42-18-11-30-48-46(42)50;25-19-11-15-23(16-12-19)27(21-7-3-1-4-8-21,22-9-5-2-6-10-22)24-17-13-20(26)14-18-24/h1-32H;1-18H. The lowest BCUT2D eigenvalue weighted by molar-refractivity contribution is 1.14. The maximum absolute atomic E-state index is 4.84. The molecule has 0 saturated carbocycles. The maximum atomic E-state index is 4.84. The second-order valence-electron chi connectivity index (χ2n) is 19.5. The second kappa shape index (κ2) is 21.1. The van der Waals surface area contributed by atoms with Crippen LogP contribution in [-0.4, -0.2) is 35.2 Å². The lowest BCUT2D eigenvalue weighted by Gasteiger charge is -2.34.